The van der Waals surface area contributed by atoms with Gasteiger partial charge in [-0.05, 0) is 12.1 Å². The Bertz CT molecular complexity index is 542. The van der Waals surface area contributed by atoms with Gasteiger partial charge in [0.1, 0.15) is 5.02 Å². The summed E-state index contributed by atoms with van der Waals surface area (Å²) in [5.74, 6) is 0.557. The number of aromatic nitrogens is 2. The first-order valence-corrected chi connectivity index (χ1v) is 6.24. The van der Waals surface area contributed by atoms with E-state index >= 15 is 0 Å². The maximum Gasteiger partial charge on any atom is 0.181 e. The summed E-state index contributed by atoms with van der Waals surface area (Å²) in [5, 5.41) is 5.35. The van der Waals surface area contributed by atoms with Gasteiger partial charge in [-0.15, -0.1) is 0 Å². The largest absolute Gasteiger partial charge is 0.468 e. The van der Waals surface area contributed by atoms with Crippen molar-refractivity contribution in [1.29, 1.82) is 0 Å². The molecule has 1 aromatic heterocycles. The lowest BCUT2D eigenvalue weighted by Gasteiger charge is -2.10. The van der Waals surface area contributed by atoms with Gasteiger partial charge in [0.25, 0.3) is 0 Å². The number of nitrogens with zero attached hydrogens (tertiary/aromatic N) is 2. The van der Waals surface area contributed by atoms with Gasteiger partial charge in [-0.1, -0.05) is 46.4 Å². The number of nitrogens with two attached hydrogens (primary N) is 1. The fourth-order valence-electron chi connectivity index (χ4n) is 1.28. The highest BCUT2D eigenvalue weighted by Crippen LogP contribution is 2.36. The van der Waals surface area contributed by atoms with E-state index in [9.17, 15) is 0 Å². The third-order valence-corrected chi connectivity index (χ3v) is 3.12. The number of benzene rings is 1. The molecule has 0 radical (unpaired) electrons. The molecule has 0 saturated carbocycles. The molecular weight excluding hydrogens is 320 g/mol. The number of halogens is 4. The molecule has 2 N–H and O–H groups in total. The molecule has 0 unspecified atom stereocenters. The summed E-state index contributed by atoms with van der Waals surface area (Å²) in [7, 11) is 0. The first-order chi connectivity index (χ1) is 8.47. The second-order valence-electron chi connectivity index (χ2n) is 3.37. The van der Waals surface area contributed by atoms with Gasteiger partial charge in [-0.25, -0.2) is 4.68 Å². The van der Waals surface area contributed by atoms with Crippen LogP contribution < -0.4 is 10.5 Å². The van der Waals surface area contributed by atoms with Gasteiger partial charge in [0.05, 0.1) is 10.0 Å². The van der Waals surface area contributed by atoms with E-state index in [1.807, 2.05) is 0 Å². The maximum absolute atomic E-state index is 5.96. The molecule has 96 valence electrons. The molecule has 2 rings (SSSR count). The number of rotatable bonds is 3. The van der Waals surface area contributed by atoms with Crippen molar-refractivity contribution in [2.75, 3.05) is 5.73 Å². The van der Waals surface area contributed by atoms with Crippen LogP contribution in [0.4, 0.5) is 5.82 Å². The van der Waals surface area contributed by atoms with Crippen LogP contribution in [0.3, 0.4) is 0 Å². The second kappa shape index (κ2) is 5.45. The van der Waals surface area contributed by atoms with Crippen molar-refractivity contribution in [3.05, 3.63) is 38.4 Å². The van der Waals surface area contributed by atoms with Gasteiger partial charge in [-0.3, -0.25) is 0 Å². The van der Waals surface area contributed by atoms with E-state index in [2.05, 4.69) is 5.10 Å². The van der Waals surface area contributed by atoms with Crippen LogP contribution in [-0.2, 0) is 6.73 Å². The third-order valence-electron chi connectivity index (χ3n) is 2.05. The lowest BCUT2D eigenvalue weighted by molar-refractivity contribution is 0.222. The number of hydrogen-bond donors (Lipinski definition) is 1. The molecule has 0 amide bonds. The Balaban J connectivity index is 2.15. The molecule has 0 spiro atoms. The Morgan fingerprint density at radius 1 is 1.11 bits per heavy atom. The molecule has 0 bridgehead atoms. The predicted molar refractivity (Wildman–Crippen MR) is 73.7 cm³/mol. The number of hydrogen-bond acceptors (Lipinski definition) is 3. The van der Waals surface area contributed by atoms with E-state index < -0.39 is 0 Å². The Kier molecular flexibility index (Phi) is 4.12. The van der Waals surface area contributed by atoms with Crippen LogP contribution in [0.2, 0.25) is 20.1 Å². The van der Waals surface area contributed by atoms with Crippen LogP contribution in [0.25, 0.3) is 0 Å². The molecule has 0 aliphatic carbocycles. The van der Waals surface area contributed by atoms with Crippen LogP contribution in [0, 0.1) is 0 Å². The summed E-state index contributed by atoms with van der Waals surface area (Å²) in [4.78, 5) is 0. The summed E-state index contributed by atoms with van der Waals surface area (Å²) in [6.45, 7) is 0.0813. The zero-order valence-electron chi connectivity index (χ0n) is 8.83. The van der Waals surface area contributed by atoms with E-state index in [1.165, 1.54) is 23.0 Å². The van der Waals surface area contributed by atoms with Crippen LogP contribution in [0.15, 0.2) is 18.3 Å². The highest BCUT2D eigenvalue weighted by Gasteiger charge is 2.10. The summed E-state index contributed by atoms with van der Waals surface area (Å²) < 4.78 is 6.87. The van der Waals surface area contributed by atoms with Gasteiger partial charge in [0.2, 0.25) is 0 Å². The standard InChI is InChI=1S/C10H7Cl4N3O/c11-5-1-6(12)9(7(13)2-5)18-4-17-3-8(14)10(15)16-17/h1-3H,4H2,(H2,15,16). The van der Waals surface area contributed by atoms with Crippen molar-refractivity contribution in [2.24, 2.45) is 0 Å². The lowest BCUT2D eigenvalue weighted by atomic mass is 10.3. The maximum atomic E-state index is 5.96. The highest BCUT2D eigenvalue weighted by molar-refractivity contribution is 6.40. The molecule has 8 heteroatoms. The molecule has 0 atom stereocenters. The highest BCUT2D eigenvalue weighted by atomic mass is 35.5. The van der Waals surface area contributed by atoms with Gasteiger partial charge in [0.15, 0.2) is 18.3 Å². The SMILES string of the molecule is Nc1nn(COc2c(Cl)cc(Cl)cc2Cl)cc1Cl. The van der Waals surface area contributed by atoms with Crippen LogP contribution in [0.5, 0.6) is 5.75 Å². The van der Waals surface area contributed by atoms with Gasteiger partial charge in [0, 0.05) is 11.2 Å². The molecule has 18 heavy (non-hydrogen) atoms. The third kappa shape index (κ3) is 2.95. The Hall–Kier alpha value is -0.810. The number of nitrogen functional groups attached to an aromatic ring is 1. The van der Waals surface area contributed by atoms with Crippen molar-refractivity contribution in [3.8, 4) is 5.75 Å². The average Bonchev–Trinajstić information content (AvgIpc) is 2.56. The van der Waals surface area contributed by atoms with Gasteiger partial charge >= 0.3 is 0 Å². The quantitative estimate of drug-likeness (QED) is 0.923. The zero-order chi connectivity index (χ0) is 13.3. The van der Waals surface area contributed by atoms with Crippen molar-refractivity contribution >= 4 is 52.2 Å². The summed E-state index contributed by atoms with van der Waals surface area (Å²) in [6, 6.07) is 3.07. The van der Waals surface area contributed by atoms with Crippen LogP contribution in [0.1, 0.15) is 0 Å². The minimum atomic E-state index is 0.0813. The monoisotopic (exact) mass is 325 g/mol. The number of anilines is 1. The van der Waals surface area contributed by atoms with Crippen molar-refractivity contribution in [2.45, 2.75) is 6.73 Å². The Morgan fingerprint density at radius 2 is 1.72 bits per heavy atom. The minimum absolute atomic E-state index is 0.0813. The van der Waals surface area contributed by atoms with Crippen molar-refractivity contribution in [1.82, 2.24) is 9.78 Å². The smallest absolute Gasteiger partial charge is 0.181 e. The van der Waals surface area contributed by atoms with Crippen LogP contribution >= 0.6 is 46.4 Å². The normalized spacial score (nSPS) is 10.7. The predicted octanol–water partition coefficient (Wildman–Crippen LogP) is 4.12. The zero-order valence-corrected chi connectivity index (χ0v) is 11.9. The molecule has 0 aliphatic heterocycles. The first kappa shape index (κ1) is 13.6. The lowest BCUT2D eigenvalue weighted by Crippen LogP contribution is -2.06. The fraction of sp³-hybridized carbons (Fsp3) is 0.100. The molecular formula is C10H7Cl4N3O. The van der Waals surface area contributed by atoms with E-state index in [1.54, 1.807) is 0 Å². The molecule has 0 fully saturated rings. The Labute approximate surface area is 123 Å². The molecule has 1 heterocycles. The molecule has 4 nitrogen and oxygen atoms in total. The molecule has 2 aromatic rings. The van der Waals surface area contributed by atoms with E-state index in [-0.39, 0.29) is 12.5 Å². The number of ether oxygens (including phenoxy) is 1. The topological polar surface area (TPSA) is 53.1 Å². The molecule has 1 aromatic carbocycles. The van der Waals surface area contributed by atoms with Crippen molar-refractivity contribution < 1.29 is 4.74 Å². The Morgan fingerprint density at radius 3 is 2.22 bits per heavy atom. The minimum Gasteiger partial charge on any atom is -0.468 e. The van der Waals surface area contributed by atoms with E-state index in [0.717, 1.165) is 0 Å². The van der Waals surface area contributed by atoms with E-state index in [4.69, 9.17) is 56.9 Å². The fourth-order valence-corrected chi connectivity index (χ4v) is 2.35. The second-order valence-corrected chi connectivity index (χ2v) is 5.03. The molecule has 0 saturated heterocycles. The van der Waals surface area contributed by atoms with E-state index in [0.29, 0.717) is 25.8 Å². The molecule has 0 aliphatic rings. The summed E-state index contributed by atoms with van der Waals surface area (Å²) in [6.07, 6.45) is 1.54. The first-order valence-electron chi connectivity index (χ1n) is 4.73. The van der Waals surface area contributed by atoms with Gasteiger partial charge in [-0.2, -0.15) is 5.10 Å². The van der Waals surface area contributed by atoms with Crippen LogP contribution in [-0.4, -0.2) is 9.78 Å². The van der Waals surface area contributed by atoms with Crippen molar-refractivity contribution in [3.63, 3.8) is 0 Å². The average molecular weight is 327 g/mol. The summed E-state index contributed by atoms with van der Waals surface area (Å²) >= 11 is 23.5. The van der Waals surface area contributed by atoms with Gasteiger partial charge < -0.3 is 10.5 Å². The summed E-state index contributed by atoms with van der Waals surface area (Å²) in [5.41, 5.74) is 5.50.